The molecule has 19 heavy (non-hydrogen) atoms. The van der Waals surface area contributed by atoms with Crippen LogP contribution in [0, 0.1) is 0 Å². The quantitative estimate of drug-likeness (QED) is 0.762. The van der Waals surface area contributed by atoms with Gasteiger partial charge in [0.1, 0.15) is 5.56 Å². The summed E-state index contributed by atoms with van der Waals surface area (Å²) < 4.78 is 0. The number of nitrogens with one attached hydrogen (secondary N) is 2. The van der Waals surface area contributed by atoms with Crippen molar-refractivity contribution in [3.8, 4) is 0 Å². The fourth-order valence-corrected chi connectivity index (χ4v) is 2.37. The largest absolute Gasteiger partial charge is 0.352 e. The molecular formula is C14H21N3O2. The van der Waals surface area contributed by atoms with E-state index in [-0.39, 0.29) is 17.0 Å². The molecule has 0 spiro atoms. The molecule has 104 valence electrons. The van der Waals surface area contributed by atoms with Crippen molar-refractivity contribution in [2.45, 2.75) is 25.7 Å². The van der Waals surface area contributed by atoms with Crippen LogP contribution in [0.2, 0.25) is 0 Å². The van der Waals surface area contributed by atoms with Crippen molar-refractivity contribution in [1.29, 1.82) is 0 Å². The maximum atomic E-state index is 12.0. The molecule has 0 atom stereocenters. The van der Waals surface area contributed by atoms with Crippen LogP contribution in [-0.4, -0.2) is 43.0 Å². The molecule has 0 radical (unpaired) electrons. The van der Waals surface area contributed by atoms with Crippen LogP contribution in [0.3, 0.4) is 0 Å². The first-order chi connectivity index (χ1) is 9.08. The molecule has 0 aromatic carbocycles. The van der Waals surface area contributed by atoms with E-state index in [0.29, 0.717) is 6.54 Å². The fourth-order valence-electron chi connectivity index (χ4n) is 2.37. The third-order valence-corrected chi connectivity index (χ3v) is 3.40. The molecule has 1 aliphatic rings. The highest BCUT2D eigenvalue weighted by molar-refractivity contribution is 5.94. The molecule has 0 unspecified atom stereocenters. The van der Waals surface area contributed by atoms with E-state index in [1.165, 1.54) is 0 Å². The average molecular weight is 263 g/mol. The molecular weight excluding hydrogens is 242 g/mol. The number of carbonyl (C=O) groups is 1. The Morgan fingerprint density at radius 1 is 1.42 bits per heavy atom. The first-order valence-corrected chi connectivity index (χ1v) is 6.76. The van der Waals surface area contributed by atoms with E-state index in [2.05, 4.69) is 15.2 Å². The SMILES string of the molecule is CN(C)CCCNC(=O)c1cc2c([nH]c1=O)CCC2. The predicted molar refractivity (Wildman–Crippen MR) is 74.6 cm³/mol. The summed E-state index contributed by atoms with van der Waals surface area (Å²) in [6.45, 7) is 1.51. The molecule has 1 amide bonds. The van der Waals surface area contributed by atoms with Gasteiger partial charge in [-0.05, 0) is 58.0 Å². The molecule has 0 fully saturated rings. The standard InChI is InChI=1S/C14H21N3O2/c1-17(2)8-4-7-15-13(18)11-9-10-5-3-6-12(10)16-14(11)19/h9H,3-8H2,1-2H3,(H,15,18)(H,16,19). The molecule has 5 heteroatoms. The summed E-state index contributed by atoms with van der Waals surface area (Å²) >= 11 is 0. The minimum absolute atomic E-state index is 0.241. The zero-order valence-corrected chi connectivity index (χ0v) is 11.6. The van der Waals surface area contributed by atoms with Gasteiger partial charge in [0.2, 0.25) is 0 Å². The number of rotatable bonds is 5. The van der Waals surface area contributed by atoms with Gasteiger partial charge in [-0.15, -0.1) is 0 Å². The first-order valence-electron chi connectivity index (χ1n) is 6.76. The van der Waals surface area contributed by atoms with E-state index in [9.17, 15) is 9.59 Å². The van der Waals surface area contributed by atoms with Crippen LogP contribution >= 0.6 is 0 Å². The van der Waals surface area contributed by atoms with Gasteiger partial charge in [0, 0.05) is 12.2 Å². The molecule has 5 nitrogen and oxygen atoms in total. The lowest BCUT2D eigenvalue weighted by Gasteiger charge is -2.10. The van der Waals surface area contributed by atoms with E-state index in [4.69, 9.17) is 0 Å². The second kappa shape index (κ2) is 6.02. The van der Waals surface area contributed by atoms with Crippen LogP contribution < -0.4 is 10.9 Å². The predicted octanol–water partition coefficient (Wildman–Crippen LogP) is 0.545. The summed E-state index contributed by atoms with van der Waals surface area (Å²) in [4.78, 5) is 28.7. The van der Waals surface area contributed by atoms with E-state index < -0.39 is 0 Å². The zero-order chi connectivity index (χ0) is 13.8. The molecule has 1 aliphatic carbocycles. The molecule has 2 N–H and O–H groups in total. The van der Waals surface area contributed by atoms with E-state index in [1.807, 2.05) is 14.1 Å². The van der Waals surface area contributed by atoms with Crippen LogP contribution in [0.5, 0.6) is 0 Å². The second-order valence-electron chi connectivity index (χ2n) is 5.28. The van der Waals surface area contributed by atoms with Crippen molar-refractivity contribution in [2.75, 3.05) is 27.2 Å². The summed E-state index contributed by atoms with van der Waals surface area (Å²) in [7, 11) is 3.99. The van der Waals surface area contributed by atoms with Crippen molar-refractivity contribution in [1.82, 2.24) is 15.2 Å². The van der Waals surface area contributed by atoms with Gasteiger partial charge in [-0.1, -0.05) is 0 Å². The summed E-state index contributed by atoms with van der Waals surface area (Å²) in [6, 6.07) is 1.75. The number of fused-ring (bicyclic) bond motifs is 1. The van der Waals surface area contributed by atoms with Gasteiger partial charge in [0.05, 0.1) is 0 Å². The number of aromatic amines is 1. The smallest absolute Gasteiger partial charge is 0.261 e. The minimum atomic E-state index is -0.272. The number of amides is 1. The highest BCUT2D eigenvalue weighted by atomic mass is 16.2. The van der Waals surface area contributed by atoms with Crippen LogP contribution in [0.1, 0.15) is 34.5 Å². The Morgan fingerprint density at radius 3 is 2.95 bits per heavy atom. The number of carbonyl (C=O) groups excluding carboxylic acids is 1. The number of pyridine rings is 1. The second-order valence-corrected chi connectivity index (χ2v) is 5.28. The molecule has 0 aliphatic heterocycles. The van der Waals surface area contributed by atoms with Crippen molar-refractivity contribution in [3.05, 3.63) is 33.2 Å². The van der Waals surface area contributed by atoms with Gasteiger partial charge in [0.15, 0.2) is 0 Å². The topological polar surface area (TPSA) is 65.2 Å². The first kappa shape index (κ1) is 13.8. The van der Waals surface area contributed by atoms with Gasteiger partial charge >= 0.3 is 0 Å². The van der Waals surface area contributed by atoms with Gasteiger partial charge in [-0.3, -0.25) is 9.59 Å². The van der Waals surface area contributed by atoms with Crippen LogP contribution in [0.4, 0.5) is 0 Å². The Hall–Kier alpha value is -1.62. The van der Waals surface area contributed by atoms with E-state index >= 15 is 0 Å². The fraction of sp³-hybridized carbons (Fsp3) is 0.571. The number of nitrogens with zero attached hydrogens (tertiary/aromatic N) is 1. The molecule has 1 aromatic rings. The maximum absolute atomic E-state index is 12.0. The van der Waals surface area contributed by atoms with Crippen molar-refractivity contribution in [2.24, 2.45) is 0 Å². The molecule has 2 rings (SSSR count). The number of hydrogen-bond donors (Lipinski definition) is 2. The summed E-state index contributed by atoms with van der Waals surface area (Å²) in [5, 5.41) is 2.80. The lowest BCUT2D eigenvalue weighted by Crippen LogP contribution is -2.32. The number of aromatic nitrogens is 1. The van der Waals surface area contributed by atoms with Gasteiger partial charge in [-0.25, -0.2) is 0 Å². The Kier molecular flexibility index (Phi) is 4.37. The van der Waals surface area contributed by atoms with Crippen molar-refractivity contribution >= 4 is 5.91 Å². The summed E-state index contributed by atoms with van der Waals surface area (Å²) in [6.07, 6.45) is 3.79. The Balaban J connectivity index is 1.98. The lowest BCUT2D eigenvalue weighted by molar-refractivity contribution is 0.0950. The maximum Gasteiger partial charge on any atom is 0.261 e. The monoisotopic (exact) mass is 263 g/mol. The van der Waals surface area contributed by atoms with Gasteiger partial charge < -0.3 is 15.2 Å². The highest BCUT2D eigenvalue weighted by Gasteiger charge is 2.17. The van der Waals surface area contributed by atoms with Gasteiger partial charge in [-0.2, -0.15) is 0 Å². The minimum Gasteiger partial charge on any atom is -0.352 e. The third kappa shape index (κ3) is 3.44. The molecule has 1 heterocycles. The zero-order valence-electron chi connectivity index (χ0n) is 11.6. The van der Waals surface area contributed by atoms with Crippen LogP contribution in [0.15, 0.2) is 10.9 Å². The Labute approximate surface area is 113 Å². The summed E-state index contributed by atoms with van der Waals surface area (Å²) in [5.41, 5.74) is 2.07. The normalized spacial score (nSPS) is 13.6. The Morgan fingerprint density at radius 2 is 2.21 bits per heavy atom. The van der Waals surface area contributed by atoms with Crippen molar-refractivity contribution < 1.29 is 4.79 Å². The highest BCUT2D eigenvalue weighted by Crippen LogP contribution is 2.18. The van der Waals surface area contributed by atoms with E-state index in [0.717, 1.165) is 43.5 Å². The van der Waals surface area contributed by atoms with Crippen LogP contribution in [0.25, 0.3) is 0 Å². The molecule has 0 saturated heterocycles. The number of H-pyrrole nitrogens is 1. The summed E-state index contributed by atoms with van der Waals surface area (Å²) in [5.74, 6) is -0.269. The van der Waals surface area contributed by atoms with Crippen LogP contribution in [-0.2, 0) is 12.8 Å². The van der Waals surface area contributed by atoms with Crippen molar-refractivity contribution in [3.63, 3.8) is 0 Å². The third-order valence-electron chi connectivity index (χ3n) is 3.40. The molecule has 0 bridgehead atoms. The lowest BCUT2D eigenvalue weighted by atomic mass is 10.1. The number of aryl methyl sites for hydroxylation is 2. The van der Waals surface area contributed by atoms with E-state index in [1.54, 1.807) is 6.07 Å². The average Bonchev–Trinajstić information content (AvgIpc) is 2.80. The molecule has 1 aromatic heterocycles. The van der Waals surface area contributed by atoms with Gasteiger partial charge in [0.25, 0.3) is 11.5 Å². The molecule has 0 saturated carbocycles. The number of hydrogen-bond acceptors (Lipinski definition) is 3. The Bertz CT molecular complexity index is 520.